The molecule has 0 atom stereocenters. The standard InChI is InChI=1S/C53H33N5/c1-3-15-35(16-4-1)51-54-52(36-17-5-2-6-18-36)56-53(55-51)39-27-29-41-38(32-39)20-13-25-45(41)58-47-24-12-10-22-44(47)49-48(58)31-30-43-42-21-9-11-23-46(42)57(50(43)49)40-28-26-34-14-7-8-19-37(34)33-40/h1-33H. The van der Waals surface area contributed by atoms with Gasteiger partial charge in [0, 0.05) is 49.3 Å². The van der Waals surface area contributed by atoms with Crippen LogP contribution in [0.15, 0.2) is 200 Å². The Morgan fingerprint density at radius 1 is 0.310 bits per heavy atom. The van der Waals surface area contributed by atoms with Gasteiger partial charge < -0.3 is 9.13 Å². The lowest BCUT2D eigenvalue weighted by Crippen LogP contribution is -2.00. The molecule has 0 saturated carbocycles. The third-order valence-electron chi connectivity index (χ3n) is 11.5. The van der Waals surface area contributed by atoms with Crippen molar-refractivity contribution in [3.05, 3.63) is 200 Å². The van der Waals surface area contributed by atoms with Crippen molar-refractivity contribution in [3.63, 3.8) is 0 Å². The van der Waals surface area contributed by atoms with E-state index in [1.54, 1.807) is 0 Å². The van der Waals surface area contributed by atoms with Crippen LogP contribution in [-0.4, -0.2) is 24.1 Å². The summed E-state index contributed by atoms with van der Waals surface area (Å²) in [6.45, 7) is 0. The highest BCUT2D eigenvalue weighted by Crippen LogP contribution is 2.43. The molecule has 5 nitrogen and oxygen atoms in total. The van der Waals surface area contributed by atoms with E-state index in [4.69, 9.17) is 15.0 Å². The van der Waals surface area contributed by atoms with E-state index in [-0.39, 0.29) is 0 Å². The second-order valence-electron chi connectivity index (χ2n) is 14.8. The van der Waals surface area contributed by atoms with Crippen LogP contribution in [-0.2, 0) is 0 Å². The Labute approximate surface area is 333 Å². The molecule has 0 amide bonds. The first-order chi connectivity index (χ1) is 28.8. The highest BCUT2D eigenvalue weighted by atomic mass is 15.0. The van der Waals surface area contributed by atoms with Gasteiger partial charge in [0.2, 0.25) is 0 Å². The summed E-state index contributed by atoms with van der Waals surface area (Å²) in [5.74, 6) is 1.94. The smallest absolute Gasteiger partial charge is 0.164 e. The van der Waals surface area contributed by atoms with Crippen LogP contribution in [0.4, 0.5) is 0 Å². The van der Waals surface area contributed by atoms with Crippen molar-refractivity contribution in [2.24, 2.45) is 0 Å². The molecule has 0 aliphatic carbocycles. The molecule has 3 heterocycles. The number of fused-ring (bicyclic) bond motifs is 9. The van der Waals surface area contributed by atoms with E-state index in [0.717, 1.165) is 49.9 Å². The summed E-state index contributed by atoms with van der Waals surface area (Å²) < 4.78 is 4.91. The summed E-state index contributed by atoms with van der Waals surface area (Å²) in [5.41, 5.74) is 9.83. The lowest BCUT2D eigenvalue weighted by Gasteiger charge is -2.13. The highest BCUT2D eigenvalue weighted by Gasteiger charge is 2.22. The lowest BCUT2D eigenvalue weighted by molar-refractivity contribution is 1.07. The van der Waals surface area contributed by atoms with Crippen molar-refractivity contribution in [1.82, 2.24) is 24.1 Å². The molecule has 0 N–H and O–H groups in total. The minimum absolute atomic E-state index is 0.640. The van der Waals surface area contributed by atoms with Crippen LogP contribution in [0, 0.1) is 0 Å². The molecule has 12 aromatic rings. The predicted molar refractivity (Wildman–Crippen MR) is 240 cm³/mol. The minimum atomic E-state index is 0.640. The van der Waals surface area contributed by atoms with Crippen LogP contribution in [0.3, 0.4) is 0 Å². The molecule has 12 rings (SSSR count). The first kappa shape index (κ1) is 32.4. The fraction of sp³-hybridized carbons (Fsp3) is 0. The third-order valence-corrected chi connectivity index (χ3v) is 11.5. The zero-order valence-corrected chi connectivity index (χ0v) is 31.3. The Hall–Kier alpha value is -7.89. The van der Waals surface area contributed by atoms with Gasteiger partial charge in [0.05, 0.1) is 27.8 Å². The number of para-hydroxylation sites is 2. The predicted octanol–water partition coefficient (Wildman–Crippen LogP) is 13.4. The molecule has 0 fully saturated rings. The topological polar surface area (TPSA) is 48.5 Å². The fourth-order valence-corrected chi connectivity index (χ4v) is 8.89. The SMILES string of the molecule is c1ccc(-c2nc(-c3ccccc3)nc(-c3ccc4c(-n5c6ccccc6c6c5ccc5c7ccccc7n(-c7ccc8ccccc8c7)c56)cccc4c3)n2)cc1. The van der Waals surface area contributed by atoms with E-state index in [9.17, 15) is 0 Å². The zero-order chi connectivity index (χ0) is 38.2. The summed E-state index contributed by atoms with van der Waals surface area (Å²) in [7, 11) is 0. The summed E-state index contributed by atoms with van der Waals surface area (Å²) >= 11 is 0. The number of aromatic nitrogens is 5. The summed E-state index contributed by atoms with van der Waals surface area (Å²) in [5, 5.41) is 9.64. The summed E-state index contributed by atoms with van der Waals surface area (Å²) in [6, 6.07) is 71.0. The van der Waals surface area contributed by atoms with Crippen LogP contribution in [0.25, 0.3) is 111 Å². The van der Waals surface area contributed by atoms with E-state index >= 15 is 0 Å². The number of hydrogen-bond acceptors (Lipinski definition) is 3. The number of benzene rings is 9. The molecule has 9 aromatic carbocycles. The van der Waals surface area contributed by atoms with Gasteiger partial charge in [0.25, 0.3) is 0 Å². The van der Waals surface area contributed by atoms with Crippen LogP contribution in [0.1, 0.15) is 0 Å². The number of nitrogens with zero attached hydrogens (tertiary/aromatic N) is 5. The number of hydrogen-bond donors (Lipinski definition) is 0. The van der Waals surface area contributed by atoms with Gasteiger partial charge in [0.1, 0.15) is 0 Å². The molecular weight excluding hydrogens is 707 g/mol. The molecule has 58 heavy (non-hydrogen) atoms. The molecule has 0 aliphatic rings. The largest absolute Gasteiger partial charge is 0.309 e. The summed E-state index contributed by atoms with van der Waals surface area (Å²) in [4.78, 5) is 15.0. The molecule has 270 valence electrons. The van der Waals surface area contributed by atoms with Gasteiger partial charge in [-0.05, 0) is 58.6 Å². The van der Waals surface area contributed by atoms with Crippen LogP contribution >= 0.6 is 0 Å². The third kappa shape index (κ3) is 5.00. The molecule has 0 spiro atoms. The summed E-state index contributed by atoms with van der Waals surface area (Å²) in [6.07, 6.45) is 0. The van der Waals surface area contributed by atoms with Gasteiger partial charge in [-0.3, -0.25) is 0 Å². The van der Waals surface area contributed by atoms with Crippen molar-refractivity contribution < 1.29 is 0 Å². The molecule has 0 aliphatic heterocycles. The van der Waals surface area contributed by atoms with Gasteiger partial charge >= 0.3 is 0 Å². The van der Waals surface area contributed by atoms with Gasteiger partial charge in [0.15, 0.2) is 17.5 Å². The van der Waals surface area contributed by atoms with E-state index in [0.29, 0.717) is 17.5 Å². The van der Waals surface area contributed by atoms with Gasteiger partial charge in [-0.25, -0.2) is 15.0 Å². The normalized spacial score (nSPS) is 11.8. The zero-order valence-electron chi connectivity index (χ0n) is 31.3. The quantitative estimate of drug-likeness (QED) is 0.177. The van der Waals surface area contributed by atoms with Gasteiger partial charge in [-0.2, -0.15) is 0 Å². The Bertz CT molecular complexity index is 3510. The average Bonchev–Trinajstić information content (AvgIpc) is 3.82. The molecular formula is C53H33N5. The molecule has 0 saturated heterocycles. The maximum Gasteiger partial charge on any atom is 0.164 e. The van der Waals surface area contributed by atoms with Crippen LogP contribution < -0.4 is 0 Å². The maximum absolute atomic E-state index is 5.03. The number of rotatable bonds is 5. The van der Waals surface area contributed by atoms with Crippen LogP contribution in [0.5, 0.6) is 0 Å². The Balaban J connectivity index is 1.09. The molecule has 5 heteroatoms. The monoisotopic (exact) mass is 739 g/mol. The van der Waals surface area contributed by atoms with E-state index in [2.05, 4.69) is 149 Å². The first-order valence-corrected chi connectivity index (χ1v) is 19.6. The Morgan fingerprint density at radius 3 is 1.64 bits per heavy atom. The minimum Gasteiger partial charge on any atom is -0.309 e. The van der Waals surface area contributed by atoms with Crippen molar-refractivity contribution in [2.75, 3.05) is 0 Å². The van der Waals surface area contributed by atoms with Gasteiger partial charge in [-0.1, -0.05) is 158 Å². The Kier molecular flexibility index (Phi) is 7.16. The Morgan fingerprint density at radius 2 is 0.897 bits per heavy atom. The highest BCUT2D eigenvalue weighted by molar-refractivity contribution is 6.26. The molecule has 0 unspecified atom stereocenters. The van der Waals surface area contributed by atoms with E-state index in [1.165, 1.54) is 43.4 Å². The van der Waals surface area contributed by atoms with Crippen molar-refractivity contribution in [2.45, 2.75) is 0 Å². The van der Waals surface area contributed by atoms with Crippen molar-refractivity contribution in [1.29, 1.82) is 0 Å². The molecule has 3 aromatic heterocycles. The molecule has 0 bridgehead atoms. The maximum atomic E-state index is 5.03. The van der Waals surface area contributed by atoms with Crippen LogP contribution in [0.2, 0.25) is 0 Å². The average molecular weight is 740 g/mol. The first-order valence-electron chi connectivity index (χ1n) is 19.6. The van der Waals surface area contributed by atoms with Crippen molar-refractivity contribution >= 4 is 65.2 Å². The van der Waals surface area contributed by atoms with E-state index < -0.39 is 0 Å². The van der Waals surface area contributed by atoms with Crippen molar-refractivity contribution in [3.8, 4) is 45.5 Å². The van der Waals surface area contributed by atoms with Gasteiger partial charge in [-0.15, -0.1) is 0 Å². The van der Waals surface area contributed by atoms with E-state index in [1.807, 2.05) is 60.7 Å². The second kappa shape index (κ2) is 12.8. The lowest BCUT2D eigenvalue weighted by atomic mass is 10.0. The second-order valence-corrected chi connectivity index (χ2v) is 14.8. The fourth-order valence-electron chi connectivity index (χ4n) is 8.89. The molecule has 0 radical (unpaired) electrons.